The van der Waals surface area contributed by atoms with Gasteiger partial charge in [0.25, 0.3) is 0 Å². The van der Waals surface area contributed by atoms with Gasteiger partial charge in [-0.05, 0) is 42.8 Å². The zero-order valence-corrected chi connectivity index (χ0v) is 11.6. The van der Waals surface area contributed by atoms with Gasteiger partial charge in [-0.2, -0.15) is 0 Å². The SMILES string of the molecule is COC(=O)c1ccn2c(C(=O)c3ccco3)c(C)cc2c1. The lowest BCUT2D eigenvalue weighted by molar-refractivity contribution is 0.0600. The topological polar surface area (TPSA) is 60.9 Å². The predicted octanol–water partition coefficient (Wildman–Crippen LogP) is 2.86. The molecule has 0 N–H and O–H groups in total. The summed E-state index contributed by atoms with van der Waals surface area (Å²) >= 11 is 0. The smallest absolute Gasteiger partial charge is 0.337 e. The Kier molecular flexibility index (Phi) is 3.10. The second kappa shape index (κ2) is 4.94. The fourth-order valence-electron chi connectivity index (χ4n) is 2.37. The Balaban J connectivity index is 2.14. The van der Waals surface area contributed by atoms with Crippen LogP contribution in [0.15, 0.2) is 47.2 Å². The second-order valence-electron chi connectivity index (χ2n) is 4.68. The van der Waals surface area contributed by atoms with E-state index in [9.17, 15) is 9.59 Å². The molecule has 0 spiro atoms. The summed E-state index contributed by atoms with van der Waals surface area (Å²) in [6.45, 7) is 1.85. The van der Waals surface area contributed by atoms with Gasteiger partial charge >= 0.3 is 5.97 Å². The molecule has 5 heteroatoms. The summed E-state index contributed by atoms with van der Waals surface area (Å²) in [6, 6.07) is 8.47. The molecule has 0 fully saturated rings. The van der Waals surface area contributed by atoms with Crippen molar-refractivity contribution in [2.24, 2.45) is 0 Å². The Hall–Kier alpha value is -2.82. The van der Waals surface area contributed by atoms with E-state index in [1.807, 2.05) is 13.0 Å². The fourth-order valence-corrected chi connectivity index (χ4v) is 2.37. The number of furan rings is 1. The summed E-state index contributed by atoms with van der Waals surface area (Å²) in [4.78, 5) is 24.0. The summed E-state index contributed by atoms with van der Waals surface area (Å²) in [5.41, 5.74) is 2.54. The summed E-state index contributed by atoms with van der Waals surface area (Å²) in [5.74, 6) is -0.311. The summed E-state index contributed by atoms with van der Waals surface area (Å²) < 4.78 is 11.6. The first-order valence-electron chi connectivity index (χ1n) is 6.40. The number of aromatic nitrogens is 1. The van der Waals surface area contributed by atoms with Crippen LogP contribution < -0.4 is 0 Å². The van der Waals surface area contributed by atoms with Gasteiger partial charge in [0.2, 0.25) is 5.78 Å². The molecule has 0 saturated heterocycles. The van der Waals surface area contributed by atoms with Gasteiger partial charge in [-0.15, -0.1) is 0 Å². The van der Waals surface area contributed by atoms with Gasteiger partial charge in [0, 0.05) is 11.7 Å². The van der Waals surface area contributed by atoms with Gasteiger partial charge in [-0.25, -0.2) is 4.79 Å². The number of ether oxygens (including phenoxy) is 1. The van der Waals surface area contributed by atoms with Crippen LogP contribution in [0.3, 0.4) is 0 Å². The number of ketones is 1. The zero-order chi connectivity index (χ0) is 15.0. The first-order chi connectivity index (χ1) is 10.1. The second-order valence-corrected chi connectivity index (χ2v) is 4.68. The third kappa shape index (κ3) is 2.12. The summed E-state index contributed by atoms with van der Waals surface area (Å²) in [6.07, 6.45) is 3.15. The standard InChI is InChI=1S/C16H13NO4/c1-10-8-12-9-11(16(19)20-2)5-6-17(12)14(10)15(18)13-4-3-7-21-13/h3-9H,1-2H3. The van der Waals surface area contributed by atoms with E-state index in [2.05, 4.69) is 0 Å². The van der Waals surface area contributed by atoms with Crippen molar-refractivity contribution in [2.75, 3.05) is 7.11 Å². The molecule has 0 atom stereocenters. The summed E-state index contributed by atoms with van der Waals surface area (Å²) in [7, 11) is 1.34. The quantitative estimate of drug-likeness (QED) is 0.548. The number of esters is 1. The molecule has 0 aliphatic heterocycles. The van der Waals surface area contributed by atoms with E-state index in [1.54, 1.807) is 34.9 Å². The van der Waals surface area contributed by atoms with Gasteiger partial charge in [0.05, 0.1) is 18.9 Å². The Morgan fingerprint density at radius 1 is 1.24 bits per heavy atom. The van der Waals surface area contributed by atoms with Crippen LogP contribution in [-0.4, -0.2) is 23.3 Å². The van der Waals surface area contributed by atoms with Gasteiger partial charge in [-0.3, -0.25) is 4.79 Å². The number of hydrogen-bond acceptors (Lipinski definition) is 4. The molecule has 0 radical (unpaired) electrons. The van der Waals surface area contributed by atoms with Crippen LogP contribution in [0, 0.1) is 6.92 Å². The number of methoxy groups -OCH3 is 1. The predicted molar refractivity (Wildman–Crippen MR) is 75.6 cm³/mol. The van der Waals surface area contributed by atoms with Crippen molar-refractivity contribution >= 4 is 17.3 Å². The number of carbonyl (C=O) groups is 2. The van der Waals surface area contributed by atoms with Crippen LogP contribution in [0.4, 0.5) is 0 Å². The highest BCUT2D eigenvalue weighted by Crippen LogP contribution is 2.21. The first-order valence-corrected chi connectivity index (χ1v) is 6.40. The van der Waals surface area contributed by atoms with E-state index in [1.165, 1.54) is 13.4 Å². The van der Waals surface area contributed by atoms with Gasteiger partial charge < -0.3 is 13.6 Å². The normalized spacial score (nSPS) is 10.8. The lowest BCUT2D eigenvalue weighted by Crippen LogP contribution is -2.07. The number of fused-ring (bicyclic) bond motifs is 1. The molecule has 3 rings (SSSR count). The van der Waals surface area contributed by atoms with Crippen molar-refractivity contribution in [2.45, 2.75) is 6.92 Å². The highest BCUT2D eigenvalue weighted by atomic mass is 16.5. The maximum absolute atomic E-state index is 12.5. The molecule has 0 aliphatic carbocycles. The molecule has 3 aromatic heterocycles. The van der Waals surface area contributed by atoms with Crippen molar-refractivity contribution in [3.8, 4) is 0 Å². The van der Waals surface area contributed by atoms with Crippen LogP contribution in [0.5, 0.6) is 0 Å². The van der Waals surface area contributed by atoms with Crippen molar-refractivity contribution in [3.63, 3.8) is 0 Å². The van der Waals surface area contributed by atoms with Crippen LogP contribution in [0.1, 0.15) is 32.2 Å². The van der Waals surface area contributed by atoms with Crippen LogP contribution in [0.25, 0.3) is 5.52 Å². The Labute approximate surface area is 120 Å². The average Bonchev–Trinajstić information content (AvgIpc) is 3.11. The average molecular weight is 283 g/mol. The molecule has 3 heterocycles. The Morgan fingerprint density at radius 3 is 2.71 bits per heavy atom. The largest absolute Gasteiger partial charge is 0.465 e. The highest BCUT2D eigenvalue weighted by molar-refractivity contribution is 6.08. The van der Waals surface area contributed by atoms with E-state index in [-0.39, 0.29) is 11.5 Å². The number of aryl methyl sites for hydroxylation is 1. The van der Waals surface area contributed by atoms with Gasteiger partial charge in [0.15, 0.2) is 5.76 Å². The lowest BCUT2D eigenvalue weighted by Gasteiger charge is -2.04. The maximum Gasteiger partial charge on any atom is 0.337 e. The number of pyridine rings is 1. The van der Waals surface area contributed by atoms with E-state index in [0.717, 1.165) is 11.1 Å². The number of carbonyl (C=O) groups excluding carboxylic acids is 2. The molecule has 5 nitrogen and oxygen atoms in total. The van der Waals surface area contributed by atoms with Crippen molar-refractivity contribution in [3.05, 3.63) is 65.4 Å². The minimum Gasteiger partial charge on any atom is -0.465 e. The molecule has 3 aromatic rings. The first kappa shape index (κ1) is 13.2. The zero-order valence-electron chi connectivity index (χ0n) is 11.6. The molecule has 0 unspecified atom stereocenters. The molecule has 0 amide bonds. The highest BCUT2D eigenvalue weighted by Gasteiger charge is 2.19. The molecule has 0 saturated carbocycles. The number of hydrogen-bond donors (Lipinski definition) is 0. The Morgan fingerprint density at radius 2 is 2.05 bits per heavy atom. The number of rotatable bonds is 3. The van der Waals surface area contributed by atoms with E-state index in [0.29, 0.717) is 11.3 Å². The summed E-state index contributed by atoms with van der Waals surface area (Å²) in [5, 5.41) is 0. The molecule has 0 aliphatic rings. The number of nitrogens with zero attached hydrogens (tertiary/aromatic N) is 1. The Bertz CT molecular complexity index is 827. The molecular weight excluding hydrogens is 270 g/mol. The van der Waals surface area contributed by atoms with Crippen LogP contribution in [0.2, 0.25) is 0 Å². The molecule has 106 valence electrons. The fraction of sp³-hybridized carbons (Fsp3) is 0.125. The van der Waals surface area contributed by atoms with E-state index in [4.69, 9.17) is 9.15 Å². The molecule has 0 aromatic carbocycles. The van der Waals surface area contributed by atoms with E-state index < -0.39 is 5.97 Å². The molecule has 21 heavy (non-hydrogen) atoms. The monoisotopic (exact) mass is 283 g/mol. The maximum atomic E-state index is 12.5. The van der Waals surface area contributed by atoms with E-state index >= 15 is 0 Å². The third-order valence-electron chi connectivity index (χ3n) is 3.34. The van der Waals surface area contributed by atoms with Crippen molar-refractivity contribution < 1.29 is 18.7 Å². The molecular formula is C16H13NO4. The van der Waals surface area contributed by atoms with Crippen LogP contribution >= 0.6 is 0 Å². The van der Waals surface area contributed by atoms with Crippen LogP contribution in [-0.2, 0) is 4.74 Å². The van der Waals surface area contributed by atoms with Gasteiger partial charge in [-0.1, -0.05) is 0 Å². The van der Waals surface area contributed by atoms with Crippen molar-refractivity contribution in [1.29, 1.82) is 0 Å². The minimum atomic E-state index is -0.407. The van der Waals surface area contributed by atoms with Crippen molar-refractivity contribution in [1.82, 2.24) is 4.40 Å². The lowest BCUT2D eigenvalue weighted by atomic mass is 10.1. The molecule has 0 bridgehead atoms. The minimum absolute atomic E-state index is 0.191. The third-order valence-corrected chi connectivity index (χ3v) is 3.34. The van der Waals surface area contributed by atoms with Gasteiger partial charge in [0.1, 0.15) is 5.69 Å².